The second-order valence-corrected chi connectivity index (χ2v) is 6.75. The monoisotopic (exact) mass is 335 g/mol. The summed E-state index contributed by atoms with van der Waals surface area (Å²) in [5.74, 6) is 0.661. The molecule has 0 saturated carbocycles. The van der Waals surface area contributed by atoms with E-state index in [0.717, 1.165) is 40.0 Å². The number of pyridine rings is 2. The maximum absolute atomic E-state index is 12.9. The molecule has 0 atom stereocenters. The van der Waals surface area contributed by atoms with E-state index in [9.17, 15) is 4.79 Å². The highest BCUT2D eigenvalue weighted by molar-refractivity contribution is 6.10. The number of anilines is 1. The van der Waals surface area contributed by atoms with E-state index < -0.39 is 0 Å². The smallest absolute Gasteiger partial charge is 0.260 e. The number of carbonyl (C=O) groups excluding carboxylic acids is 1. The number of amides is 1. The lowest BCUT2D eigenvalue weighted by atomic mass is 10.1. The molecule has 6 nitrogen and oxygen atoms in total. The van der Waals surface area contributed by atoms with Gasteiger partial charge in [0.1, 0.15) is 5.82 Å². The Labute approximate surface area is 146 Å². The van der Waals surface area contributed by atoms with Gasteiger partial charge in [-0.25, -0.2) is 9.67 Å². The van der Waals surface area contributed by atoms with Crippen LogP contribution in [0.15, 0.2) is 24.4 Å². The highest BCUT2D eigenvalue weighted by Gasteiger charge is 2.32. The summed E-state index contributed by atoms with van der Waals surface area (Å²) in [7, 11) is 0. The van der Waals surface area contributed by atoms with Crippen LogP contribution in [0.1, 0.15) is 54.1 Å². The van der Waals surface area contributed by atoms with Crippen molar-refractivity contribution < 1.29 is 4.79 Å². The Morgan fingerprint density at radius 2 is 2.04 bits per heavy atom. The predicted molar refractivity (Wildman–Crippen MR) is 96.8 cm³/mol. The standard InChI is InChI=1S/C19H21N5O/c1-5-16-15-10-23(19(25)14(15)8-12(4)21-16)17-7-6-13-9-20-24(11(2)3)18(13)22-17/h6-9,11H,5,10H2,1-4H3. The molecule has 0 radical (unpaired) electrons. The molecule has 3 aromatic rings. The molecule has 0 aliphatic carbocycles. The second-order valence-electron chi connectivity index (χ2n) is 6.75. The summed E-state index contributed by atoms with van der Waals surface area (Å²) >= 11 is 0. The molecule has 0 bridgehead atoms. The summed E-state index contributed by atoms with van der Waals surface area (Å²) in [6, 6.07) is 5.97. The van der Waals surface area contributed by atoms with Crippen LogP contribution in [0.2, 0.25) is 0 Å². The van der Waals surface area contributed by atoms with Gasteiger partial charge in [0, 0.05) is 33.9 Å². The van der Waals surface area contributed by atoms with Crippen LogP contribution < -0.4 is 4.90 Å². The van der Waals surface area contributed by atoms with Gasteiger partial charge in [0.25, 0.3) is 5.91 Å². The molecular formula is C19H21N5O. The van der Waals surface area contributed by atoms with Gasteiger partial charge in [0.05, 0.1) is 12.7 Å². The molecule has 0 N–H and O–H groups in total. The zero-order chi connectivity index (χ0) is 17.7. The van der Waals surface area contributed by atoms with Crippen molar-refractivity contribution in [2.45, 2.75) is 46.7 Å². The maximum Gasteiger partial charge on any atom is 0.260 e. The van der Waals surface area contributed by atoms with E-state index in [-0.39, 0.29) is 11.9 Å². The minimum absolute atomic E-state index is 0.00216. The zero-order valence-electron chi connectivity index (χ0n) is 14.9. The highest BCUT2D eigenvalue weighted by atomic mass is 16.2. The lowest BCUT2D eigenvalue weighted by Crippen LogP contribution is -2.24. The van der Waals surface area contributed by atoms with Crippen molar-refractivity contribution in [3.8, 4) is 0 Å². The van der Waals surface area contributed by atoms with E-state index in [1.807, 2.05) is 36.0 Å². The van der Waals surface area contributed by atoms with Crippen LogP contribution in [0.4, 0.5) is 5.82 Å². The van der Waals surface area contributed by atoms with Crippen molar-refractivity contribution in [1.29, 1.82) is 0 Å². The fourth-order valence-corrected chi connectivity index (χ4v) is 3.42. The Kier molecular flexibility index (Phi) is 3.56. The fourth-order valence-electron chi connectivity index (χ4n) is 3.42. The molecule has 3 aromatic heterocycles. The largest absolute Gasteiger partial charge is 0.288 e. The molecule has 4 heterocycles. The van der Waals surface area contributed by atoms with E-state index in [0.29, 0.717) is 12.4 Å². The lowest BCUT2D eigenvalue weighted by Gasteiger charge is -2.15. The molecule has 0 saturated heterocycles. The Balaban J connectivity index is 1.80. The molecule has 0 fully saturated rings. The van der Waals surface area contributed by atoms with Crippen molar-refractivity contribution in [1.82, 2.24) is 19.7 Å². The first kappa shape index (κ1) is 15.7. The summed E-state index contributed by atoms with van der Waals surface area (Å²) in [4.78, 5) is 24.0. The topological polar surface area (TPSA) is 63.9 Å². The van der Waals surface area contributed by atoms with E-state index in [2.05, 4.69) is 30.9 Å². The molecule has 1 amide bonds. The van der Waals surface area contributed by atoms with Gasteiger partial charge >= 0.3 is 0 Å². The lowest BCUT2D eigenvalue weighted by molar-refractivity contribution is 0.0996. The van der Waals surface area contributed by atoms with Gasteiger partial charge in [-0.1, -0.05) is 6.92 Å². The fraction of sp³-hybridized carbons (Fsp3) is 0.368. The Hall–Kier alpha value is -2.76. The minimum atomic E-state index is -0.00216. The number of aryl methyl sites for hydroxylation is 2. The molecule has 0 unspecified atom stereocenters. The second kappa shape index (κ2) is 5.65. The van der Waals surface area contributed by atoms with Gasteiger partial charge in [-0.3, -0.25) is 14.7 Å². The number of hydrogen-bond acceptors (Lipinski definition) is 4. The Morgan fingerprint density at radius 3 is 2.76 bits per heavy atom. The van der Waals surface area contributed by atoms with Crippen LogP contribution in [0.3, 0.4) is 0 Å². The van der Waals surface area contributed by atoms with Crippen LogP contribution in [0.25, 0.3) is 11.0 Å². The van der Waals surface area contributed by atoms with Crippen molar-refractivity contribution >= 4 is 22.8 Å². The number of hydrogen-bond donors (Lipinski definition) is 0. The van der Waals surface area contributed by atoms with Gasteiger partial charge in [-0.05, 0) is 45.4 Å². The number of fused-ring (bicyclic) bond motifs is 2. The predicted octanol–water partition coefficient (Wildman–Crippen LogP) is 3.44. The van der Waals surface area contributed by atoms with Crippen LogP contribution in [0, 0.1) is 6.92 Å². The van der Waals surface area contributed by atoms with Crippen molar-refractivity contribution in [2.75, 3.05) is 4.90 Å². The van der Waals surface area contributed by atoms with E-state index in [1.54, 1.807) is 4.90 Å². The highest BCUT2D eigenvalue weighted by Crippen LogP contribution is 2.31. The van der Waals surface area contributed by atoms with Gasteiger partial charge in [0.15, 0.2) is 5.65 Å². The number of rotatable bonds is 3. The molecular weight excluding hydrogens is 314 g/mol. The molecule has 0 spiro atoms. The molecule has 0 aromatic carbocycles. The maximum atomic E-state index is 12.9. The molecule has 128 valence electrons. The summed E-state index contributed by atoms with van der Waals surface area (Å²) in [5, 5.41) is 5.38. The summed E-state index contributed by atoms with van der Waals surface area (Å²) < 4.78 is 1.88. The normalized spacial score (nSPS) is 14.0. The van der Waals surface area contributed by atoms with E-state index in [4.69, 9.17) is 4.98 Å². The SMILES string of the molecule is CCc1nc(C)cc2c1CN(c1ccc3cnn(C(C)C)c3n1)C2=O. The van der Waals surface area contributed by atoms with Crippen LogP contribution >= 0.6 is 0 Å². The first-order valence-corrected chi connectivity index (χ1v) is 8.65. The van der Waals surface area contributed by atoms with Crippen molar-refractivity contribution in [2.24, 2.45) is 0 Å². The molecule has 25 heavy (non-hydrogen) atoms. The van der Waals surface area contributed by atoms with E-state index in [1.165, 1.54) is 0 Å². The first-order chi connectivity index (χ1) is 12.0. The summed E-state index contributed by atoms with van der Waals surface area (Å²) in [6.45, 7) is 8.67. The van der Waals surface area contributed by atoms with Crippen molar-refractivity contribution in [3.63, 3.8) is 0 Å². The average molecular weight is 335 g/mol. The average Bonchev–Trinajstić information content (AvgIpc) is 3.15. The minimum Gasteiger partial charge on any atom is -0.288 e. The van der Waals surface area contributed by atoms with Crippen molar-refractivity contribution in [3.05, 3.63) is 46.9 Å². The third kappa shape index (κ3) is 2.40. The molecule has 1 aliphatic heterocycles. The van der Waals surface area contributed by atoms with Gasteiger partial charge in [0.2, 0.25) is 0 Å². The van der Waals surface area contributed by atoms with Crippen LogP contribution in [-0.4, -0.2) is 25.7 Å². The third-order valence-electron chi connectivity index (χ3n) is 4.66. The summed E-state index contributed by atoms with van der Waals surface area (Å²) in [6.07, 6.45) is 2.63. The Morgan fingerprint density at radius 1 is 1.24 bits per heavy atom. The quantitative estimate of drug-likeness (QED) is 0.735. The zero-order valence-corrected chi connectivity index (χ0v) is 14.9. The molecule has 4 rings (SSSR count). The first-order valence-electron chi connectivity index (χ1n) is 8.65. The van der Waals surface area contributed by atoms with Crippen LogP contribution in [-0.2, 0) is 13.0 Å². The van der Waals surface area contributed by atoms with Gasteiger partial charge in [-0.15, -0.1) is 0 Å². The van der Waals surface area contributed by atoms with Crippen LogP contribution in [0.5, 0.6) is 0 Å². The van der Waals surface area contributed by atoms with E-state index >= 15 is 0 Å². The molecule has 6 heteroatoms. The number of aromatic nitrogens is 4. The van der Waals surface area contributed by atoms with Gasteiger partial charge < -0.3 is 0 Å². The third-order valence-corrected chi connectivity index (χ3v) is 4.66. The number of nitrogens with zero attached hydrogens (tertiary/aromatic N) is 5. The molecule has 1 aliphatic rings. The Bertz CT molecular complexity index is 989. The van der Waals surface area contributed by atoms with Gasteiger partial charge in [-0.2, -0.15) is 5.10 Å². The number of carbonyl (C=O) groups is 1. The summed E-state index contributed by atoms with van der Waals surface area (Å²) in [5.41, 5.74) is 4.47.